The van der Waals surface area contributed by atoms with Gasteiger partial charge in [0.05, 0.1) is 12.5 Å². The first-order valence-corrected chi connectivity index (χ1v) is 13.8. The molecule has 0 aromatic heterocycles. The molecule has 0 fully saturated rings. The van der Waals surface area contributed by atoms with Gasteiger partial charge < -0.3 is 24.7 Å². The number of hydrogen-bond acceptors (Lipinski definition) is 8. The fourth-order valence-corrected chi connectivity index (χ4v) is 4.09. The quantitative estimate of drug-likeness (QED) is 0.206. The van der Waals surface area contributed by atoms with Crippen LogP contribution in [0.3, 0.4) is 0 Å². The summed E-state index contributed by atoms with van der Waals surface area (Å²) in [6, 6.07) is 26.8. The zero-order valence-corrected chi connectivity index (χ0v) is 23.8. The molecule has 0 aliphatic rings. The molecule has 3 aromatic rings. The molecule has 0 amide bonds. The molecule has 0 saturated carbocycles. The molecular weight excluding hydrogens is 522 g/mol. The molecule has 0 aliphatic heterocycles. The normalized spacial score (nSPS) is 13.9. The lowest BCUT2D eigenvalue weighted by Gasteiger charge is -2.31. The molecule has 3 aromatic carbocycles. The van der Waals surface area contributed by atoms with Crippen molar-refractivity contribution in [2.75, 3.05) is 6.61 Å². The second-order valence-corrected chi connectivity index (χ2v) is 10.1. The van der Waals surface area contributed by atoms with E-state index in [4.69, 9.17) is 24.7 Å². The van der Waals surface area contributed by atoms with Crippen LogP contribution in [0.25, 0.3) is 0 Å². The summed E-state index contributed by atoms with van der Waals surface area (Å²) < 4.78 is 22.8. The fourth-order valence-electron chi connectivity index (χ4n) is 4.09. The van der Waals surface area contributed by atoms with Crippen LogP contribution in [0, 0.1) is 11.8 Å². The molecule has 0 bridgehead atoms. The predicted molar refractivity (Wildman–Crippen MR) is 155 cm³/mol. The van der Waals surface area contributed by atoms with Crippen molar-refractivity contribution in [1.82, 2.24) is 0 Å². The summed E-state index contributed by atoms with van der Waals surface area (Å²) >= 11 is 0. The monoisotopic (exact) mass is 561 g/mol. The van der Waals surface area contributed by atoms with Gasteiger partial charge in [-0.25, -0.2) is 0 Å². The van der Waals surface area contributed by atoms with Gasteiger partial charge in [-0.3, -0.25) is 14.4 Å². The van der Waals surface area contributed by atoms with E-state index in [-0.39, 0.29) is 26.1 Å². The van der Waals surface area contributed by atoms with Gasteiger partial charge in [-0.15, -0.1) is 0 Å². The zero-order chi connectivity index (χ0) is 29.6. The minimum Gasteiger partial charge on any atom is -0.494 e. The van der Waals surface area contributed by atoms with E-state index in [0.29, 0.717) is 5.75 Å². The van der Waals surface area contributed by atoms with Gasteiger partial charge in [0.1, 0.15) is 30.4 Å². The van der Waals surface area contributed by atoms with Gasteiger partial charge in [-0.2, -0.15) is 0 Å². The average Bonchev–Trinajstić information content (AvgIpc) is 2.98. The van der Waals surface area contributed by atoms with Gasteiger partial charge in [0.2, 0.25) is 0 Å². The molecule has 3 rings (SSSR count). The Hall–Kier alpha value is -4.17. The van der Waals surface area contributed by atoms with E-state index in [9.17, 15) is 14.4 Å². The van der Waals surface area contributed by atoms with E-state index in [0.717, 1.165) is 11.1 Å². The van der Waals surface area contributed by atoms with Gasteiger partial charge in [0.25, 0.3) is 0 Å². The van der Waals surface area contributed by atoms with Crippen LogP contribution in [-0.2, 0) is 41.6 Å². The third-order valence-electron chi connectivity index (χ3n) is 6.45. The fraction of sp³-hybridized carbons (Fsp3) is 0.364. The maximum Gasteiger partial charge on any atom is 0.323 e. The van der Waals surface area contributed by atoms with Crippen LogP contribution in [0.5, 0.6) is 5.75 Å². The Labute approximate surface area is 241 Å². The summed E-state index contributed by atoms with van der Waals surface area (Å²) in [5.74, 6) is -2.51. The molecule has 2 N–H and O–H groups in total. The van der Waals surface area contributed by atoms with Crippen LogP contribution < -0.4 is 10.5 Å². The highest BCUT2D eigenvalue weighted by Gasteiger charge is 2.39. The van der Waals surface area contributed by atoms with Gasteiger partial charge in [-0.05, 0) is 36.6 Å². The summed E-state index contributed by atoms with van der Waals surface area (Å²) in [6.07, 6.45) is -1.67. The van der Waals surface area contributed by atoms with Crippen LogP contribution >= 0.6 is 0 Å². The first-order valence-electron chi connectivity index (χ1n) is 13.8. The maximum absolute atomic E-state index is 13.5. The Kier molecular flexibility index (Phi) is 12.4. The number of esters is 3. The highest BCUT2D eigenvalue weighted by atomic mass is 16.6. The third-order valence-corrected chi connectivity index (χ3v) is 6.45. The third kappa shape index (κ3) is 10.4. The Morgan fingerprint density at radius 3 is 1.85 bits per heavy atom. The zero-order valence-electron chi connectivity index (χ0n) is 23.8. The van der Waals surface area contributed by atoms with Crippen molar-refractivity contribution in [1.29, 1.82) is 0 Å². The van der Waals surface area contributed by atoms with Crippen LogP contribution in [0.2, 0.25) is 0 Å². The Balaban J connectivity index is 1.75. The Morgan fingerprint density at radius 1 is 0.707 bits per heavy atom. The molecule has 0 heterocycles. The van der Waals surface area contributed by atoms with E-state index < -0.39 is 48.0 Å². The SMILES string of the molecule is CC(C)C(=O)O[C@@H]([C@H](C)OC(=O)[C@@H](N)CCOc1ccccc1)[C@@H](Cc1ccccc1)C(=O)OCc1ccccc1. The molecule has 0 saturated heterocycles. The summed E-state index contributed by atoms with van der Waals surface area (Å²) in [7, 11) is 0. The molecule has 41 heavy (non-hydrogen) atoms. The summed E-state index contributed by atoms with van der Waals surface area (Å²) in [6.45, 7) is 5.24. The molecule has 0 spiro atoms. The number of para-hydroxylation sites is 1. The standard InChI is InChI=1S/C33H39NO7/c1-23(2)31(35)41-30(24(3)40-33(37)29(34)19-20-38-27-17-11-6-12-18-27)28(21-25-13-7-4-8-14-25)32(36)39-22-26-15-9-5-10-16-26/h4-18,23-24,28-30H,19-22,34H2,1-3H3/t24-,28+,29-,30-/m0/s1. The van der Waals surface area contributed by atoms with Gasteiger partial charge in [0.15, 0.2) is 6.10 Å². The van der Waals surface area contributed by atoms with Crippen molar-refractivity contribution >= 4 is 17.9 Å². The topological polar surface area (TPSA) is 114 Å². The van der Waals surface area contributed by atoms with E-state index >= 15 is 0 Å². The minimum absolute atomic E-state index is 0.0519. The Bertz CT molecular complexity index is 1220. The smallest absolute Gasteiger partial charge is 0.323 e. The van der Waals surface area contributed by atoms with Crippen LogP contribution in [0.4, 0.5) is 0 Å². The number of rotatable bonds is 15. The average molecular weight is 562 g/mol. The van der Waals surface area contributed by atoms with E-state index in [1.165, 1.54) is 0 Å². The van der Waals surface area contributed by atoms with Gasteiger partial charge in [-0.1, -0.05) is 92.7 Å². The van der Waals surface area contributed by atoms with E-state index in [1.807, 2.05) is 91.0 Å². The Morgan fingerprint density at radius 2 is 1.27 bits per heavy atom. The van der Waals surface area contributed by atoms with Crippen molar-refractivity contribution in [2.24, 2.45) is 17.6 Å². The van der Waals surface area contributed by atoms with Gasteiger partial charge in [0, 0.05) is 6.42 Å². The van der Waals surface area contributed by atoms with Crippen molar-refractivity contribution < 1.29 is 33.3 Å². The predicted octanol–water partition coefficient (Wildman–Crippen LogP) is 4.88. The molecule has 8 heteroatoms. The molecule has 0 radical (unpaired) electrons. The molecular formula is C33H39NO7. The highest BCUT2D eigenvalue weighted by Crippen LogP contribution is 2.24. The molecule has 0 aliphatic carbocycles. The largest absolute Gasteiger partial charge is 0.494 e. The van der Waals surface area contributed by atoms with Gasteiger partial charge >= 0.3 is 17.9 Å². The lowest BCUT2D eigenvalue weighted by atomic mass is 9.90. The first-order chi connectivity index (χ1) is 19.7. The number of carbonyl (C=O) groups is 3. The molecule has 4 atom stereocenters. The number of benzene rings is 3. The van der Waals surface area contributed by atoms with Crippen molar-refractivity contribution in [3.8, 4) is 5.75 Å². The molecule has 0 unspecified atom stereocenters. The number of hydrogen-bond donors (Lipinski definition) is 1. The summed E-state index contributed by atoms with van der Waals surface area (Å²) in [5.41, 5.74) is 7.76. The molecule has 218 valence electrons. The summed E-state index contributed by atoms with van der Waals surface area (Å²) in [5, 5.41) is 0. The lowest BCUT2D eigenvalue weighted by Crippen LogP contribution is -2.46. The number of ether oxygens (including phenoxy) is 4. The van der Waals surface area contributed by atoms with Crippen molar-refractivity contribution in [3.63, 3.8) is 0 Å². The van der Waals surface area contributed by atoms with Crippen LogP contribution in [0.15, 0.2) is 91.0 Å². The van der Waals surface area contributed by atoms with Crippen molar-refractivity contribution in [2.45, 2.75) is 58.5 Å². The molecule has 8 nitrogen and oxygen atoms in total. The van der Waals surface area contributed by atoms with Crippen molar-refractivity contribution in [3.05, 3.63) is 102 Å². The van der Waals surface area contributed by atoms with E-state index in [1.54, 1.807) is 20.8 Å². The highest BCUT2D eigenvalue weighted by molar-refractivity contribution is 5.77. The van der Waals surface area contributed by atoms with E-state index in [2.05, 4.69) is 0 Å². The second-order valence-electron chi connectivity index (χ2n) is 10.1. The number of carbonyl (C=O) groups excluding carboxylic acids is 3. The lowest BCUT2D eigenvalue weighted by molar-refractivity contribution is -0.181. The first kappa shape index (κ1) is 31.4. The minimum atomic E-state index is -1.11. The number of nitrogens with two attached hydrogens (primary N) is 1. The van der Waals surface area contributed by atoms with Crippen LogP contribution in [0.1, 0.15) is 38.3 Å². The van der Waals surface area contributed by atoms with Crippen LogP contribution in [-0.4, -0.2) is 42.8 Å². The maximum atomic E-state index is 13.5. The summed E-state index contributed by atoms with van der Waals surface area (Å²) in [4.78, 5) is 39.2. The second kappa shape index (κ2) is 16.2.